The van der Waals surface area contributed by atoms with Crippen molar-refractivity contribution in [1.82, 2.24) is 20.0 Å². The quantitative estimate of drug-likeness (QED) is 0.610. The van der Waals surface area contributed by atoms with Crippen molar-refractivity contribution >= 4 is 18.0 Å². The minimum atomic E-state index is -2.72. The molecular formula is C9H8F2N4O2S. The summed E-state index contributed by atoms with van der Waals surface area (Å²) in [5.41, 5.74) is -0.314. The van der Waals surface area contributed by atoms with E-state index in [9.17, 15) is 13.6 Å². The van der Waals surface area contributed by atoms with Crippen LogP contribution in [0.4, 0.5) is 8.78 Å². The molecule has 0 spiro atoms. The second kappa shape index (κ2) is 5.25. The molecule has 2 rings (SSSR count). The van der Waals surface area contributed by atoms with E-state index in [4.69, 9.17) is 4.42 Å². The molecule has 0 bridgehead atoms. The third-order valence-electron chi connectivity index (χ3n) is 1.98. The number of hydrogen-bond donors (Lipinski definition) is 0. The monoisotopic (exact) mass is 274 g/mol. The van der Waals surface area contributed by atoms with Crippen molar-refractivity contribution < 1.29 is 18.0 Å². The molecule has 0 aromatic carbocycles. The zero-order valence-electron chi connectivity index (χ0n) is 9.21. The number of carbonyl (C=O) groups excluding carboxylic acids is 1. The first-order chi connectivity index (χ1) is 8.61. The Hall–Kier alpha value is -1.77. The van der Waals surface area contributed by atoms with Crippen LogP contribution in [0.2, 0.25) is 0 Å². The normalized spacial score (nSPS) is 11.1. The predicted molar refractivity (Wildman–Crippen MR) is 58.2 cm³/mol. The molecule has 6 nitrogen and oxygen atoms in total. The van der Waals surface area contributed by atoms with Crippen LogP contribution in [-0.4, -0.2) is 32.0 Å². The summed E-state index contributed by atoms with van der Waals surface area (Å²) in [5.74, 6) is 0.128. The van der Waals surface area contributed by atoms with Crippen molar-refractivity contribution in [1.29, 1.82) is 0 Å². The maximum Gasteiger partial charge on any atom is 0.282 e. The summed E-state index contributed by atoms with van der Waals surface area (Å²) in [6.45, 7) is 0. The average Bonchev–Trinajstić information content (AvgIpc) is 2.92. The average molecular weight is 274 g/mol. The molecule has 0 saturated carbocycles. The topological polar surface area (TPSA) is 73.8 Å². The maximum absolute atomic E-state index is 12.7. The second-order valence-corrected chi connectivity index (χ2v) is 4.22. The van der Waals surface area contributed by atoms with Gasteiger partial charge in [-0.1, -0.05) is 11.8 Å². The first kappa shape index (κ1) is 12.7. The second-order valence-electron chi connectivity index (χ2n) is 3.25. The van der Waals surface area contributed by atoms with E-state index in [2.05, 4.69) is 15.3 Å². The van der Waals surface area contributed by atoms with Gasteiger partial charge in [-0.3, -0.25) is 4.68 Å². The molecule has 2 aromatic heterocycles. The van der Waals surface area contributed by atoms with Gasteiger partial charge in [0.1, 0.15) is 12.0 Å². The number of alkyl halides is 2. The van der Waals surface area contributed by atoms with Crippen LogP contribution in [-0.2, 0) is 11.8 Å². The molecule has 0 aliphatic heterocycles. The molecule has 2 aromatic rings. The summed E-state index contributed by atoms with van der Waals surface area (Å²) >= 11 is 1.03. The van der Waals surface area contributed by atoms with Gasteiger partial charge in [0.25, 0.3) is 17.5 Å². The minimum Gasteiger partial charge on any atom is -0.411 e. The third-order valence-corrected chi connectivity index (χ3v) is 2.69. The van der Waals surface area contributed by atoms with Crippen molar-refractivity contribution in [3.63, 3.8) is 0 Å². The zero-order valence-corrected chi connectivity index (χ0v) is 10.0. The van der Waals surface area contributed by atoms with Crippen LogP contribution in [0.15, 0.2) is 15.8 Å². The third kappa shape index (κ3) is 2.55. The van der Waals surface area contributed by atoms with E-state index in [1.807, 2.05) is 0 Å². The Morgan fingerprint density at radius 1 is 1.56 bits per heavy atom. The van der Waals surface area contributed by atoms with Crippen molar-refractivity contribution in [2.45, 2.75) is 11.6 Å². The van der Waals surface area contributed by atoms with E-state index in [-0.39, 0.29) is 22.4 Å². The van der Waals surface area contributed by atoms with Gasteiger partial charge in [-0.05, 0) is 0 Å². The lowest BCUT2D eigenvalue weighted by molar-refractivity contribution is -0.105. The van der Waals surface area contributed by atoms with Gasteiger partial charge in [-0.2, -0.15) is 5.10 Å². The Balaban J connectivity index is 2.30. The van der Waals surface area contributed by atoms with Gasteiger partial charge in [-0.25, -0.2) is 8.78 Å². The number of aromatic nitrogens is 4. The van der Waals surface area contributed by atoms with Crippen LogP contribution in [0.5, 0.6) is 0 Å². The standard InChI is InChI=1S/C9H8F2N4O2S/c1-15-4-5(6(14-15)7(10)11)8-12-13-9(17-8)18-3-2-16/h2,4,7H,3H2,1H3. The first-order valence-electron chi connectivity index (χ1n) is 4.84. The lowest BCUT2D eigenvalue weighted by atomic mass is 10.2. The molecule has 0 saturated heterocycles. The number of rotatable bonds is 5. The van der Waals surface area contributed by atoms with E-state index in [0.717, 1.165) is 11.8 Å². The number of hydrogen-bond acceptors (Lipinski definition) is 6. The molecule has 96 valence electrons. The molecule has 0 aliphatic rings. The van der Waals surface area contributed by atoms with E-state index < -0.39 is 12.1 Å². The van der Waals surface area contributed by atoms with Crippen molar-refractivity contribution in [2.24, 2.45) is 7.05 Å². The highest BCUT2D eigenvalue weighted by molar-refractivity contribution is 7.99. The van der Waals surface area contributed by atoms with Gasteiger partial charge in [0.05, 0.1) is 11.3 Å². The van der Waals surface area contributed by atoms with Gasteiger partial charge in [-0.15, -0.1) is 10.2 Å². The van der Waals surface area contributed by atoms with Gasteiger partial charge in [0.2, 0.25) is 0 Å². The van der Waals surface area contributed by atoms with Crippen LogP contribution in [0.25, 0.3) is 11.5 Å². The lowest BCUT2D eigenvalue weighted by Crippen LogP contribution is -1.91. The van der Waals surface area contributed by atoms with E-state index in [1.165, 1.54) is 17.9 Å². The molecule has 18 heavy (non-hydrogen) atoms. The molecular weight excluding hydrogens is 266 g/mol. The van der Waals surface area contributed by atoms with Crippen LogP contribution in [0.1, 0.15) is 12.1 Å². The molecule has 2 heterocycles. The number of halogens is 2. The lowest BCUT2D eigenvalue weighted by Gasteiger charge is -1.94. The molecule has 0 unspecified atom stereocenters. The Labute approximate surface area is 104 Å². The zero-order chi connectivity index (χ0) is 13.1. The Morgan fingerprint density at radius 2 is 2.33 bits per heavy atom. The summed E-state index contributed by atoms with van der Waals surface area (Å²) in [7, 11) is 1.52. The van der Waals surface area contributed by atoms with E-state index in [1.54, 1.807) is 0 Å². The Morgan fingerprint density at radius 3 is 3.00 bits per heavy atom. The predicted octanol–water partition coefficient (Wildman–Crippen LogP) is 1.70. The Kier molecular flexibility index (Phi) is 3.70. The highest BCUT2D eigenvalue weighted by Crippen LogP contribution is 2.30. The summed E-state index contributed by atoms with van der Waals surface area (Å²) < 4.78 is 31.9. The number of carbonyl (C=O) groups is 1. The molecule has 9 heteroatoms. The summed E-state index contributed by atoms with van der Waals surface area (Å²) in [6, 6.07) is 0. The molecule has 0 amide bonds. The van der Waals surface area contributed by atoms with Crippen molar-refractivity contribution in [3.05, 3.63) is 11.9 Å². The van der Waals surface area contributed by atoms with Gasteiger partial charge < -0.3 is 9.21 Å². The number of aryl methyl sites for hydroxylation is 1. The Bertz CT molecular complexity index is 555. The first-order valence-corrected chi connectivity index (χ1v) is 5.82. The number of nitrogens with zero attached hydrogens (tertiary/aromatic N) is 4. The number of aldehydes is 1. The summed E-state index contributed by atoms with van der Waals surface area (Å²) in [5, 5.41) is 11.1. The minimum absolute atomic E-state index is 0.0354. The largest absolute Gasteiger partial charge is 0.411 e. The number of thioether (sulfide) groups is 1. The van der Waals surface area contributed by atoms with Crippen molar-refractivity contribution in [3.8, 4) is 11.5 Å². The van der Waals surface area contributed by atoms with Crippen LogP contribution in [0.3, 0.4) is 0 Å². The highest BCUT2D eigenvalue weighted by atomic mass is 32.2. The molecule has 0 radical (unpaired) electrons. The maximum atomic E-state index is 12.7. The highest BCUT2D eigenvalue weighted by Gasteiger charge is 2.22. The summed E-state index contributed by atoms with van der Waals surface area (Å²) in [6.07, 6.45) is -0.661. The van der Waals surface area contributed by atoms with Crippen LogP contribution >= 0.6 is 11.8 Å². The molecule has 0 fully saturated rings. The van der Waals surface area contributed by atoms with E-state index >= 15 is 0 Å². The van der Waals surface area contributed by atoms with Crippen molar-refractivity contribution in [2.75, 3.05) is 5.75 Å². The van der Waals surface area contributed by atoms with E-state index in [0.29, 0.717) is 6.29 Å². The fourth-order valence-electron chi connectivity index (χ4n) is 1.31. The van der Waals surface area contributed by atoms with Gasteiger partial charge in [0, 0.05) is 13.2 Å². The summed E-state index contributed by atoms with van der Waals surface area (Å²) in [4.78, 5) is 10.2. The smallest absolute Gasteiger partial charge is 0.282 e. The SMILES string of the molecule is Cn1cc(-c2nnc(SCC=O)o2)c(C(F)F)n1. The fraction of sp³-hybridized carbons (Fsp3) is 0.333. The molecule has 0 aliphatic carbocycles. The van der Waals surface area contributed by atoms with Gasteiger partial charge in [0.15, 0.2) is 0 Å². The van der Waals surface area contributed by atoms with Crippen LogP contribution in [0, 0.1) is 0 Å². The van der Waals surface area contributed by atoms with Gasteiger partial charge >= 0.3 is 0 Å². The molecule has 0 atom stereocenters. The molecule has 0 N–H and O–H groups in total. The van der Waals surface area contributed by atoms with Crippen LogP contribution < -0.4 is 0 Å². The fourth-order valence-corrected chi connectivity index (χ4v) is 1.76.